The molecule has 120 valence electrons. The predicted molar refractivity (Wildman–Crippen MR) is 82.2 cm³/mol. The smallest absolute Gasteiger partial charge is 0.311 e. The van der Waals surface area contributed by atoms with Crippen molar-refractivity contribution in [3.63, 3.8) is 0 Å². The standard InChI is InChI=1S/C15H21N3O4/c1-3-22-14-5-4-11(8-13(14)18(20)21)15(19)17-12-6-7-16-9-10(12)2/h4-5,8,10,12,16H,3,6-7,9H2,1-2H3,(H,17,19). The summed E-state index contributed by atoms with van der Waals surface area (Å²) in [5.74, 6) is 0.222. The number of hydrogen-bond donors (Lipinski definition) is 2. The Labute approximate surface area is 129 Å². The van der Waals surface area contributed by atoms with Crippen molar-refractivity contribution in [1.29, 1.82) is 0 Å². The van der Waals surface area contributed by atoms with Gasteiger partial charge in [0.1, 0.15) is 0 Å². The number of carbonyl (C=O) groups is 1. The van der Waals surface area contributed by atoms with E-state index in [1.165, 1.54) is 12.1 Å². The first-order valence-electron chi connectivity index (χ1n) is 7.45. The average molecular weight is 307 g/mol. The Morgan fingerprint density at radius 1 is 1.55 bits per heavy atom. The average Bonchev–Trinajstić information content (AvgIpc) is 2.50. The summed E-state index contributed by atoms with van der Waals surface area (Å²) in [5, 5.41) is 17.3. The number of piperidine rings is 1. The van der Waals surface area contributed by atoms with Gasteiger partial charge in [-0.25, -0.2) is 0 Å². The van der Waals surface area contributed by atoms with Crippen LogP contribution in [0.3, 0.4) is 0 Å². The molecule has 2 atom stereocenters. The van der Waals surface area contributed by atoms with Crippen LogP contribution in [-0.4, -0.2) is 36.6 Å². The normalized spacial score (nSPS) is 21.2. The molecular formula is C15H21N3O4. The first-order valence-corrected chi connectivity index (χ1v) is 7.45. The molecule has 1 aliphatic heterocycles. The SMILES string of the molecule is CCOc1ccc(C(=O)NC2CCNCC2C)cc1[N+](=O)[O-]. The summed E-state index contributed by atoms with van der Waals surface area (Å²) in [6.45, 7) is 5.87. The Balaban J connectivity index is 2.15. The fraction of sp³-hybridized carbons (Fsp3) is 0.533. The van der Waals surface area contributed by atoms with Gasteiger partial charge in [0, 0.05) is 17.7 Å². The van der Waals surface area contributed by atoms with Crippen molar-refractivity contribution < 1.29 is 14.5 Å². The molecule has 1 heterocycles. The monoisotopic (exact) mass is 307 g/mol. The molecule has 1 amide bonds. The molecule has 7 heteroatoms. The lowest BCUT2D eigenvalue weighted by Gasteiger charge is -2.30. The number of nitro benzene ring substituents is 1. The van der Waals surface area contributed by atoms with Crippen molar-refractivity contribution >= 4 is 11.6 Å². The van der Waals surface area contributed by atoms with Gasteiger partial charge in [0.05, 0.1) is 11.5 Å². The van der Waals surface area contributed by atoms with E-state index in [0.717, 1.165) is 19.5 Å². The number of ether oxygens (including phenoxy) is 1. The second-order valence-corrected chi connectivity index (χ2v) is 5.42. The molecule has 0 aromatic heterocycles. The Kier molecular flexibility index (Phi) is 5.32. The van der Waals surface area contributed by atoms with Gasteiger partial charge < -0.3 is 15.4 Å². The summed E-state index contributed by atoms with van der Waals surface area (Å²) in [4.78, 5) is 22.9. The van der Waals surface area contributed by atoms with Gasteiger partial charge in [-0.1, -0.05) is 6.92 Å². The zero-order valence-corrected chi connectivity index (χ0v) is 12.8. The number of hydrogen-bond acceptors (Lipinski definition) is 5. The Morgan fingerprint density at radius 2 is 2.32 bits per heavy atom. The molecule has 0 aliphatic carbocycles. The molecule has 0 radical (unpaired) electrons. The van der Waals surface area contributed by atoms with E-state index in [-0.39, 0.29) is 28.9 Å². The fourth-order valence-electron chi connectivity index (χ4n) is 2.56. The first kappa shape index (κ1) is 16.2. The van der Waals surface area contributed by atoms with Crippen LogP contribution in [0.15, 0.2) is 18.2 Å². The van der Waals surface area contributed by atoms with Crippen LogP contribution >= 0.6 is 0 Å². The summed E-state index contributed by atoms with van der Waals surface area (Å²) in [5.41, 5.74) is 0.0914. The van der Waals surface area contributed by atoms with Crippen LogP contribution in [0, 0.1) is 16.0 Å². The maximum Gasteiger partial charge on any atom is 0.311 e. The number of nitrogens with one attached hydrogen (secondary N) is 2. The van der Waals surface area contributed by atoms with E-state index in [4.69, 9.17) is 4.74 Å². The summed E-state index contributed by atoms with van der Waals surface area (Å²) in [6.07, 6.45) is 0.853. The van der Waals surface area contributed by atoms with E-state index in [0.29, 0.717) is 12.5 Å². The predicted octanol–water partition coefficient (Wildman–Crippen LogP) is 1.72. The lowest BCUT2D eigenvalue weighted by Crippen LogP contribution is -2.48. The van der Waals surface area contributed by atoms with Crippen molar-refractivity contribution in [3.8, 4) is 5.75 Å². The quantitative estimate of drug-likeness (QED) is 0.638. The molecule has 0 bridgehead atoms. The van der Waals surface area contributed by atoms with Crippen molar-refractivity contribution in [2.45, 2.75) is 26.3 Å². The molecule has 0 spiro atoms. The van der Waals surface area contributed by atoms with Crippen molar-refractivity contribution in [2.75, 3.05) is 19.7 Å². The highest BCUT2D eigenvalue weighted by Crippen LogP contribution is 2.28. The molecule has 0 saturated carbocycles. The van der Waals surface area contributed by atoms with Crippen LogP contribution in [0.4, 0.5) is 5.69 Å². The summed E-state index contributed by atoms with van der Waals surface area (Å²) in [7, 11) is 0. The molecule has 1 aliphatic rings. The number of benzene rings is 1. The van der Waals surface area contributed by atoms with Crippen LogP contribution < -0.4 is 15.4 Å². The zero-order chi connectivity index (χ0) is 16.1. The highest BCUT2D eigenvalue weighted by atomic mass is 16.6. The Bertz CT molecular complexity index is 562. The number of nitro groups is 1. The summed E-state index contributed by atoms with van der Waals surface area (Å²) >= 11 is 0. The largest absolute Gasteiger partial charge is 0.487 e. The molecule has 2 rings (SSSR count). The molecule has 22 heavy (non-hydrogen) atoms. The van der Waals surface area contributed by atoms with E-state index in [1.807, 2.05) is 0 Å². The van der Waals surface area contributed by atoms with Gasteiger partial charge in [-0.2, -0.15) is 0 Å². The third-order valence-electron chi connectivity index (χ3n) is 3.82. The van der Waals surface area contributed by atoms with Crippen LogP contribution in [0.1, 0.15) is 30.6 Å². The van der Waals surface area contributed by atoms with Gasteiger partial charge in [-0.3, -0.25) is 14.9 Å². The van der Waals surface area contributed by atoms with Gasteiger partial charge in [0.2, 0.25) is 0 Å². The topological polar surface area (TPSA) is 93.5 Å². The van der Waals surface area contributed by atoms with Crippen molar-refractivity contribution in [1.82, 2.24) is 10.6 Å². The minimum absolute atomic E-state index is 0.0828. The van der Waals surface area contributed by atoms with Crippen LogP contribution in [0.5, 0.6) is 5.75 Å². The van der Waals surface area contributed by atoms with Crippen LogP contribution in [0.25, 0.3) is 0 Å². The minimum Gasteiger partial charge on any atom is -0.487 e. The maximum atomic E-state index is 12.3. The van der Waals surface area contributed by atoms with Crippen molar-refractivity contribution in [3.05, 3.63) is 33.9 Å². The number of amides is 1. The molecule has 7 nitrogen and oxygen atoms in total. The second-order valence-electron chi connectivity index (χ2n) is 5.42. The molecule has 2 N–H and O–H groups in total. The van der Waals surface area contributed by atoms with Gasteiger partial charge in [-0.15, -0.1) is 0 Å². The molecule has 1 fully saturated rings. The maximum absolute atomic E-state index is 12.3. The van der Waals surface area contributed by atoms with Gasteiger partial charge >= 0.3 is 5.69 Å². The lowest BCUT2D eigenvalue weighted by atomic mass is 9.95. The van der Waals surface area contributed by atoms with E-state index >= 15 is 0 Å². The van der Waals surface area contributed by atoms with E-state index in [1.54, 1.807) is 13.0 Å². The van der Waals surface area contributed by atoms with E-state index in [9.17, 15) is 14.9 Å². The highest BCUT2D eigenvalue weighted by molar-refractivity contribution is 5.95. The highest BCUT2D eigenvalue weighted by Gasteiger charge is 2.24. The summed E-state index contributed by atoms with van der Waals surface area (Å²) in [6, 6.07) is 4.38. The summed E-state index contributed by atoms with van der Waals surface area (Å²) < 4.78 is 5.22. The third kappa shape index (κ3) is 3.73. The van der Waals surface area contributed by atoms with Crippen molar-refractivity contribution in [2.24, 2.45) is 5.92 Å². The molecular weight excluding hydrogens is 286 g/mol. The van der Waals surface area contributed by atoms with E-state index in [2.05, 4.69) is 17.6 Å². The third-order valence-corrected chi connectivity index (χ3v) is 3.82. The molecule has 1 aromatic carbocycles. The van der Waals surface area contributed by atoms with Gasteiger partial charge in [0.25, 0.3) is 5.91 Å². The minimum atomic E-state index is -0.533. The van der Waals surface area contributed by atoms with E-state index < -0.39 is 4.92 Å². The van der Waals surface area contributed by atoms with Gasteiger partial charge in [0.15, 0.2) is 5.75 Å². The number of rotatable bonds is 5. The fourth-order valence-corrected chi connectivity index (χ4v) is 2.56. The Morgan fingerprint density at radius 3 is 2.95 bits per heavy atom. The first-order chi connectivity index (χ1) is 10.5. The molecule has 1 saturated heterocycles. The van der Waals surface area contributed by atoms with Crippen LogP contribution in [0.2, 0.25) is 0 Å². The molecule has 2 unspecified atom stereocenters. The lowest BCUT2D eigenvalue weighted by molar-refractivity contribution is -0.385. The number of nitrogens with zero attached hydrogens (tertiary/aromatic N) is 1. The zero-order valence-electron chi connectivity index (χ0n) is 12.8. The molecule has 1 aromatic rings. The second kappa shape index (κ2) is 7.22. The van der Waals surface area contributed by atoms with Gasteiger partial charge in [-0.05, 0) is 44.5 Å². The van der Waals surface area contributed by atoms with Crippen LogP contribution in [-0.2, 0) is 0 Å². The Hall–Kier alpha value is -2.15. The number of carbonyl (C=O) groups excluding carboxylic acids is 1.